The molecule has 1 heterocycles. The normalized spacial score (nSPS) is 17.3. The molecule has 1 saturated heterocycles. The van der Waals surface area contributed by atoms with E-state index in [9.17, 15) is 9.59 Å². The Kier molecular flexibility index (Phi) is 6.90. The van der Waals surface area contributed by atoms with E-state index in [2.05, 4.69) is 10.6 Å². The van der Waals surface area contributed by atoms with Gasteiger partial charge in [0.05, 0.1) is 22.6 Å². The molecule has 0 radical (unpaired) electrons. The van der Waals surface area contributed by atoms with Gasteiger partial charge in [0.1, 0.15) is 0 Å². The number of para-hydroxylation sites is 1. The number of carbonyl (C=O) groups excluding carboxylic acids is 2. The fourth-order valence-electron chi connectivity index (χ4n) is 2.89. The van der Waals surface area contributed by atoms with Crippen molar-refractivity contribution in [1.82, 2.24) is 5.32 Å². The van der Waals surface area contributed by atoms with Gasteiger partial charge in [0.2, 0.25) is 5.91 Å². The summed E-state index contributed by atoms with van der Waals surface area (Å²) in [4.78, 5) is 26.1. The predicted molar refractivity (Wildman–Crippen MR) is 108 cm³/mol. The molecule has 6 heteroatoms. The van der Waals surface area contributed by atoms with E-state index in [1.165, 1.54) is 11.8 Å². The smallest absolute Gasteiger partial charge is 0.253 e. The molecule has 0 unspecified atom stereocenters. The van der Waals surface area contributed by atoms with Crippen LogP contribution in [0.5, 0.6) is 0 Å². The van der Waals surface area contributed by atoms with E-state index in [0.717, 1.165) is 24.3 Å². The number of rotatable bonds is 7. The number of carbonyl (C=O) groups is 2. The minimum Gasteiger partial charge on any atom is -0.376 e. The van der Waals surface area contributed by atoms with Crippen LogP contribution >= 0.6 is 11.8 Å². The highest BCUT2D eigenvalue weighted by Crippen LogP contribution is 2.24. The fourth-order valence-corrected chi connectivity index (χ4v) is 3.78. The Morgan fingerprint density at radius 3 is 2.63 bits per heavy atom. The van der Waals surface area contributed by atoms with E-state index >= 15 is 0 Å². The van der Waals surface area contributed by atoms with Crippen LogP contribution in [-0.4, -0.2) is 36.3 Å². The number of nitrogens with one attached hydrogen (secondary N) is 2. The van der Waals surface area contributed by atoms with Gasteiger partial charge in [-0.15, -0.1) is 11.8 Å². The van der Waals surface area contributed by atoms with Crippen molar-refractivity contribution in [3.05, 3.63) is 60.2 Å². The summed E-state index contributed by atoms with van der Waals surface area (Å²) in [5.41, 5.74) is 0.980. The monoisotopic (exact) mass is 384 g/mol. The second kappa shape index (κ2) is 9.58. The molecule has 3 rings (SSSR count). The third kappa shape index (κ3) is 5.58. The summed E-state index contributed by atoms with van der Waals surface area (Å²) in [6, 6.07) is 16.8. The Labute approximate surface area is 163 Å². The molecular formula is C21H24N2O3S. The van der Waals surface area contributed by atoms with Crippen LogP contribution in [0.4, 0.5) is 5.69 Å². The van der Waals surface area contributed by atoms with E-state index in [1.54, 1.807) is 18.2 Å². The topological polar surface area (TPSA) is 67.4 Å². The molecule has 2 aromatic rings. The maximum absolute atomic E-state index is 12.6. The molecule has 2 atom stereocenters. The standard InChI is InChI=1S/C21H24N2O3S/c1-15(27-17-9-3-2-4-10-17)20(24)23-19-12-6-5-11-18(19)21(25)22-14-16-8-7-13-26-16/h2-6,9-12,15-16H,7-8,13-14H2,1H3,(H,22,25)(H,23,24)/t15-,16+/m1/s1. The Morgan fingerprint density at radius 1 is 1.15 bits per heavy atom. The van der Waals surface area contributed by atoms with Gasteiger partial charge >= 0.3 is 0 Å². The average Bonchev–Trinajstić information content (AvgIpc) is 3.21. The third-order valence-electron chi connectivity index (χ3n) is 4.37. The van der Waals surface area contributed by atoms with Gasteiger partial charge in [-0.05, 0) is 44.0 Å². The summed E-state index contributed by atoms with van der Waals surface area (Å²) in [5.74, 6) is -0.340. The van der Waals surface area contributed by atoms with E-state index in [4.69, 9.17) is 4.74 Å². The molecule has 2 aromatic carbocycles. The zero-order valence-electron chi connectivity index (χ0n) is 15.3. The summed E-state index contributed by atoms with van der Waals surface area (Å²) >= 11 is 1.48. The highest BCUT2D eigenvalue weighted by Gasteiger charge is 2.20. The van der Waals surface area contributed by atoms with Crippen LogP contribution in [0.3, 0.4) is 0 Å². The van der Waals surface area contributed by atoms with E-state index in [0.29, 0.717) is 17.8 Å². The molecule has 1 aliphatic rings. The highest BCUT2D eigenvalue weighted by atomic mass is 32.2. The second-order valence-corrected chi connectivity index (χ2v) is 7.87. The van der Waals surface area contributed by atoms with Crippen molar-refractivity contribution < 1.29 is 14.3 Å². The number of thioether (sulfide) groups is 1. The lowest BCUT2D eigenvalue weighted by atomic mass is 10.1. The Balaban J connectivity index is 1.60. The molecular weight excluding hydrogens is 360 g/mol. The lowest BCUT2D eigenvalue weighted by Gasteiger charge is -2.16. The first kappa shape index (κ1) is 19.5. The molecule has 2 amide bonds. The van der Waals surface area contributed by atoms with Gasteiger partial charge in [0, 0.05) is 18.0 Å². The second-order valence-electron chi connectivity index (χ2n) is 6.45. The van der Waals surface area contributed by atoms with Crippen LogP contribution < -0.4 is 10.6 Å². The minimum absolute atomic E-state index is 0.0815. The average molecular weight is 385 g/mol. The first-order valence-electron chi connectivity index (χ1n) is 9.15. The lowest BCUT2D eigenvalue weighted by Crippen LogP contribution is -2.32. The van der Waals surface area contributed by atoms with Gasteiger partial charge < -0.3 is 15.4 Å². The molecule has 0 aromatic heterocycles. The van der Waals surface area contributed by atoms with Crippen molar-refractivity contribution >= 4 is 29.3 Å². The van der Waals surface area contributed by atoms with E-state index < -0.39 is 0 Å². The lowest BCUT2D eigenvalue weighted by molar-refractivity contribution is -0.115. The van der Waals surface area contributed by atoms with Crippen molar-refractivity contribution in [1.29, 1.82) is 0 Å². The van der Waals surface area contributed by atoms with Gasteiger partial charge in [-0.1, -0.05) is 30.3 Å². The molecule has 0 saturated carbocycles. The molecule has 0 aliphatic carbocycles. The zero-order valence-corrected chi connectivity index (χ0v) is 16.1. The minimum atomic E-state index is -0.282. The van der Waals surface area contributed by atoms with Gasteiger partial charge in [0.15, 0.2) is 0 Å². The zero-order chi connectivity index (χ0) is 19.1. The summed E-state index contributed by atoms with van der Waals surface area (Å²) in [7, 11) is 0. The van der Waals surface area contributed by atoms with Crippen molar-refractivity contribution in [2.45, 2.75) is 36.0 Å². The van der Waals surface area contributed by atoms with Crippen molar-refractivity contribution in [3.8, 4) is 0 Å². The van der Waals surface area contributed by atoms with Crippen LogP contribution in [0.1, 0.15) is 30.1 Å². The molecule has 5 nitrogen and oxygen atoms in total. The molecule has 0 spiro atoms. The van der Waals surface area contributed by atoms with Crippen LogP contribution in [0.25, 0.3) is 0 Å². The highest BCUT2D eigenvalue weighted by molar-refractivity contribution is 8.00. The van der Waals surface area contributed by atoms with Crippen LogP contribution in [0, 0.1) is 0 Å². The van der Waals surface area contributed by atoms with Crippen molar-refractivity contribution in [2.24, 2.45) is 0 Å². The molecule has 142 valence electrons. The maximum Gasteiger partial charge on any atom is 0.253 e. The largest absolute Gasteiger partial charge is 0.376 e. The fraction of sp³-hybridized carbons (Fsp3) is 0.333. The number of hydrogen-bond donors (Lipinski definition) is 2. The number of ether oxygens (including phenoxy) is 1. The summed E-state index contributed by atoms with van der Waals surface area (Å²) in [5, 5.41) is 5.51. The van der Waals surface area contributed by atoms with E-state index in [1.807, 2.05) is 43.3 Å². The summed E-state index contributed by atoms with van der Waals surface area (Å²) in [6.07, 6.45) is 2.08. The van der Waals surface area contributed by atoms with Crippen LogP contribution in [0.2, 0.25) is 0 Å². The summed E-state index contributed by atoms with van der Waals surface area (Å²) in [6.45, 7) is 3.10. The number of hydrogen-bond acceptors (Lipinski definition) is 4. The van der Waals surface area contributed by atoms with Gasteiger partial charge in [-0.3, -0.25) is 9.59 Å². The Morgan fingerprint density at radius 2 is 1.89 bits per heavy atom. The molecule has 1 fully saturated rings. The van der Waals surface area contributed by atoms with Crippen molar-refractivity contribution in [2.75, 3.05) is 18.5 Å². The third-order valence-corrected chi connectivity index (χ3v) is 5.48. The molecule has 2 N–H and O–H groups in total. The quantitative estimate of drug-likeness (QED) is 0.714. The SMILES string of the molecule is C[C@@H](Sc1ccccc1)C(=O)Nc1ccccc1C(=O)NC[C@@H]1CCCO1. The van der Waals surface area contributed by atoms with Crippen molar-refractivity contribution in [3.63, 3.8) is 0 Å². The predicted octanol–water partition coefficient (Wildman–Crippen LogP) is 3.71. The van der Waals surface area contributed by atoms with Gasteiger partial charge in [-0.2, -0.15) is 0 Å². The van der Waals surface area contributed by atoms with E-state index in [-0.39, 0.29) is 23.2 Å². The molecule has 27 heavy (non-hydrogen) atoms. The van der Waals surface area contributed by atoms with Crippen LogP contribution in [-0.2, 0) is 9.53 Å². The number of anilines is 1. The number of benzene rings is 2. The van der Waals surface area contributed by atoms with Gasteiger partial charge in [0.25, 0.3) is 5.91 Å². The first-order chi connectivity index (χ1) is 13.1. The number of amides is 2. The molecule has 0 bridgehead atoms. The first-order valence-corrected chi connectivity index (χ1v) is 10.0. The molecule has 1 aliphatic heterocycles. The maximum atomic E-state index is 12.6. The Bertz CT molecular complexity index is 776. The van der Waals surface area contributed by atoms with Crippen LogP contribution in [0.15, 0.2) is 59.5 Å². The summed E-state index contributed by atoms with van der Waals surface area (Å²) < 4.78 is 5.53. The Hall–Kier alpha value is -2.31. The van der Waals surface area contributed by atoms with Gasteiger partial charge in [-0.25, -0.2) is 0 Å².